The van der Waals surface area contributed by atoms with E-state index < -0.39 is 0 Å². The second-order valence-corrected chi connectivity index (χ2v) is 5.08. The Morgan fingerprint density at radius 3 is 2.60 bits per heavy atom. The zero-order chi connectivity index (χ0) is 11.3. The molecule has 0 heterocycles. The van der Waals surface area contributed by atoms with E-state index in [0.717, 1.165) is 25.3 Å². The predicted molar refractivity (Wildman–Crippen MR) is 65.0 cm³/mol. The van der Waals surface area contributed by atoms with Crippen LogP contribution in [0.2, 0.25) is 0 Å². The highest BCUT2D eigenvalue weighted by Gasteiger charge is 2.25. The van der Waals surface area contributed by atoms with Crippen LogP contribution >= 0.6 is 0 Å². The predicted octanol–water partition coefficient (Wildman–Crippen LogP) is 2.66. The van der Waals surface area contributed by atoms with Crippen molar-refractivity contribution in [1.29, 1.82) is 0 Å². The molecule has 0 aliphatic heterocycles. The first-order valence-corrected chi connectivity index (χ1v) is 6.59. The number of aliphatic hydroxyl groups excluding tert-OH is 1. The van der Waals surface area contributed by atoms with Gasteiger partial charge in [-0.2, -0.15) is 0 Å². The summed E-state index contributed by atoms with van der Waals surface area (Å²) in [5.74, 6) is 0.781. The molecule has 1 N–H and O–H groups in total. The van der Waals surface area contributed by atoms with Crippen molar-refractivity contribution in [3.63, 3.8) is 0 Å². The normalized spacial score (nSPS) is 29.4. The van der Waals surface area contributed by atoms with Crippen molar-refractivity contribution in [2.75, 3.05) is 13.1 Å². The van der Waals surface area contributed by atoms with E-state index in [4.69, 9.17) is 0 Å². The third kappa shape index (κ3) is 4.12. The van der Waals surface area contributed by atoms with Crippen LogP contribution in [0, 0.1) is 5.92 Å². The van der Waals surface area contributed by atoms with Crippen LogP contribution in [0.1, 0.15) is 52.9 Å². The van der Waals surface area contributed by atoms with Crippen molar-refractivity contribution in [2.24, 2.45) is 5.92 Å². The molecule has 0 bridgehead atoms. The van der Waals surface area contributed by atoms with Gasteiger partial charge in [0.2, 0.25) is 0 Å². The molecule has 0 spiro atoms. The topological polar surface area (TPSA) is 23.5 Å². The first-order chi connectivity index (χ1) is 7.17. The van der Waals surface area contributed by atoms with E-state index in [9.17, 15) is 5.11 Å². The fourth-order valence-corrected chi connectivity index (χ4v) is 2.54. The van der Waals surface area contributed by atoms with Gasteiger partial charge in [0.05, 0.1) is 6.10 Å². The molecule has 1 aliphatic carbocycles. The van der Waals surface area contributed by atoms with Crippen LogP contribution in [-0.4, -0.2) is 35.2 Å². The SMILES string of the molecule is CCC(C)CN(CC)C1CCCC(O)C1. The third-order valence-electron chi connectivity index (χ3n) is 3.78. The van der Waals surface area contributed by atoms with E-state index in [1.54, 1.807) is 0 Å². The number of aliphatic hydroxyl groups is 1. The molecule has 3 unspecified atom stereocenters. The molecular formula is C13H27NO. The van der Waals surface area contributed by atoms with Crippen LogP contribution in [0.25, 0.3) is 0 Å². The molecule has 1 rings (SSSR count). The van der Waals surface area contributed by atoms with Crippen molar-refractivity contribution in [2.45, 2.75) is 65.0 Å². The van der Waals surface area contributed by atoms with Crippen molar-refractivity contribution in [3.8, 4) is 0 Å². The van der Waals surface area contributed by atoms with Crippen LogP contribution in [0.3, 0.4) is 0 Å². The molecule has 0 aromatic carbocycles. The monoisotopic (exact) mass is 213 g/mol. The standard InChI is InChI=1S/C13H27NO/c1-4-11(3)10-14(5-2)12-7-6-8-13(15)9-12/h11-13,15H,4-10H2,1-3H3. The van der Waals surface area contributed by atoms with Gasteiger partial charge in [-0.3, -0.25) is 0 Å². The van der Waals surface area contributed by atoms with Crippen LogP contribution in [-0.2, 0) is 0 Å². The highest BCUT2D eigenvalue weighted by Crippen LogP contribution is 2.23. The summed E-state index contributed by atoms with van der Waals surface area (Å²) in [6, 6.07) is 0.632. The average Bonchev–Trinajstić information content (AvgIpc) is 2.25. The number of nitrogens with zero attached hydrogens (tertiary/aromatic N) is 1. The Balaban J connectivity index is 2.42. The quantitative estimate of drug-likeness (QED) is 0.759. The summed E-state index contributed by atoms with van der Waals surface area (Å²) in [5, 5.41) is 9.69. The smallest absolute Gasteiger partial charge is 0.0555 e. The Bertz CT molecular complexity index is 172. The Morgan fingerprint density at radius 2 is 2.07 bits per heavy atom. The molecule has 1 aliphatic rings. The minimum absolute atomic E-state index is 0.0465. The van der Waals surface area contributed by atoms with E-state index in [2.05, 4.69) is 25.7 Å². The molecular weight excluding hydrogens is 186 g/mol. The maximum absolute atomic E-state index is 9.69. The molecule has 90 valence electrons. The van der Waals surface area contributed by atoms with Gasteiger partial charge < -0.3 is 10.0 Å². The first-order valence-electron chi connectivity index (χ1n) is 6.59. The minimum atomic E-state index is -0.0465. The van der Waals surface area contributed by atoms with Crippen LogP contribution < -0.4 is 0 Å². The second-order valence-electron chi connectivity index (χ2n) is 5.08. The fourth-order valence-electron chi connectivity index (χ4n) is 2.54. The highest BCUT2D eigenvalue weighted by atomic mass is 16.3. The maximum Gasteiger partial charge on any atom is 0.0555 e. The van der Waals surface area contributed by atoms with Crippen LogP contribution in [0.5, 0.6) is 0 Å². The Morgan fingerprint density at radius 1 is 1.33 bits per heavy atom. The molecule has 1 saturated carbocycles. The van der Waals surface area contributed by atoms with Gasteiger partial charge in [-0.1, -0.05) is 27.2 Å². The number of hydrogen-bond donors (Lipinski definition) is 1. The summed E-state index contributed by atoms with van der Waals surface area (Å²) in [6.07, 6.45) is 5.69. The molecule has 0 amide bonds. The van der Waals surface area contributed by atoms with E-state index >= 15 is 0 Å². The zero-order valence-corrected chi connectivity index (χ0v) is 10.6. The summed E-state index contributed by atoms with van der Waals surface area (Å²) in [6.45, 7) is 9.14. The summed E-state index contributed by atoms with van der Waals surface area (Å²) < 4.78 is 0. The molecule has 0 radical (unpaired) electrons. The summed E-state index contributed by atoms with van der Waals surface area (Å²) in [4.78, 5) is 2.57. The van der Waals surface area contributed by atoms with Crippen molar-refractivity contribution >= 4 is 0 Å². The number of rotatable bonds is 5. The first kappa shape index (κ1) is 13.0. The molecule has 0 saturated heterocycles. The fraction of sp³-hybridized carbons (Fsp3) is 1.00. The Labute approximate surface area is 94.7 Å². The minimum Gasteiger partial charge on any atom is -0.393 e. The molecule has 0 aromatic rings. The van der Waals surface area contributed by atoms with Gasteiger partial charge in [0.15, 0.2) is 0 Å². The third-order valence-corrected chi connectivity index (χ3v) is 3.78. The van der Waals surface area contributed by atoms with Gasteiger partial charge in [-0.25, -0.2) is 0 Å². The molecule has 15 heavy (non-hydrogen) atoms. The maximum atomic E-state index is 9.69. The van der Waals surface area contributed by atoms with E-state index in [-0.39, 0.29) is 6.10 Å². The van der Waals surface area contributed by atoms with Gasteiger partial charge in [-0.05, 0) is 38.1 Å². The highest BCUT2D eigenvalue weighted by molar-refractivity contribution is 4.80. The summed E-state index contributed by atoms with van der Waals surface area (Å²) in [7, 11) is 0. The van der Waals surface area contributed by atoms with E-state index in [1.165, 1.54) is 25.8 Å². The lowest BCUT2D eigenvalue weighted by Gasteiger charge is -2.36. The summed E-state index contributed by atoms with van der Waals surface area (Å²) in [5.41, 5.74) is 0. The lowest BCUT2D eigenvalue weighted by molar-refractivity contribution is 0.0576. The van der Waals surface area contributed by atoms with Gasteiger partial charge in [0.1, 0.15) is 0 Å². The van der Waals surface area contributed by atoms with Crippen LogP contribution in [0.4, 0.5) is 0 Å². The average molecular weight is 213 g/mol. The van der Waals surface area contributed by atoms with Gasteiger partial charge in [0, 0.05) is 12.6 Å². The molecule has 0 aromatic heterocycles. The van der Waals surface area contributed by atoms with Crippen LogP contribution in [0.15, 0.2) is 0 Å². The van der Waals surface area contributed by atoms with Crippen molar-refractivity contribution in [1.82, 2.24) is 4.90 Å². The lowest BCUT2D eigenvalue weighted by atomic mass is 9.91. The largest absolute Gasteiger partial charge is 0.393 e. The van der Waals surface area contributed by atoms with E-state index in [1.807, 2.05) is 0 Å². The van der Waals surface area contributed by atoms with E-state index in [0.29, 0.717) is 6.04 Å². The second kappa shape index (κ2) is 6.49. The lowest BCUT2D eigenvalue weighted by Crippen LogP contribution is -2.42. The van der Waals surface area contributed by atoms with Crippen molar-refractivity contribution in [3.05, 3.63) is 0 Å². The van der Waals surface area contributed by atoms with Gasteiger partial charge >= 0.3 is 0 Å². The number of hydrogen-bond acceptors (Lipinski definition) is 2. The Kier molecular flexibility index (Phi) is 5.62. The molecule has 3 atom stereocenters. The summed E-state index contributed by atoms with van der Waals surface area (Å²) >= 11 is 0. The Hall–Kier alpha value is -0.0800. The van der Waals surface area contributed by atoms with Crippen molar-refractivity contribution < 1.29 is 5.11 Å². The molecule has 1 fully saturated rings. The molecule has 2 heteroatoms. The zero-order valence-electron chi connectivity index (χ0n) is 10.6. The van der Waals surface area contributed by atoms with Gasteiger partial charge in [-0.15, -0.1) is 0 Å². The molecule has 2 nitrogen and oxygen atoms in total. The van der Waals surface area contributed by atoms with Gasteiger partial charge in [0.25, 0.3) is 0 Å².